The minimum absolute atomic E-state index is 0.288. The summed E-state index contributed by atoms with van der Waals surface area (Å²) in [4.78, 5) is 11.4. The molecule has 0 fully saturated rings. The lowest BCUT2D eigenvalue weighted by Crippen LogP contribution is -2.18. The van der Waals surface area contributed by atoms with Gasteiger partial charge in [-0.3, -0.25) is 4.68 Å². The molecule has 2 aromatic rings. The van der Waals surface area contributed by atoms with Crippen molar-refractivity contribution in [1.29, 1.82) is 0 Å². The van der Waals surface area contributed by atoms with Crippen molar-refractivity contribution in [3.8, 4) is 0 Å². The van der Waals surface area contributed by atoms with E-state index in [2.05, 4.69) is 9.84 Å². The van der Waals surface area contributed by atoms with Crippen LogP contribution in [-0.2, 0) is 9.53 Å². The van der Waals surface area contributed by atoms with Gasteiger partial charge in [0.05, 0.1) is 18.8 Å². The van der Waals surface area contributed by atoms with Crippen LogP contribution < -0.4 is 0 Å². The average Bonchev–Trinajstić information content (AvgIpc) is 2.70. The van der Waals surface area contributed by atoms with Crippen molar-refractivity contribution in [2.45, 2.75) is 13.0 Å². The largest absolute Gasteiger partial charge is 0.467 e. The molecule has 2 rings (SSSR count). The Bertz CT molecular complexity index is 490. The molecule has 1 aromatic carbocycles. The number of methoxy groups -OCH3 is 1. The molecule has 0 saturated heterocycles. The normalized spacial score (nSPS) is 12.7. The van der Waals surface area contributed by atoms with Crippen molar-refractivity contribution in [1.82, 2.24) is 9.78 Å². The van der Waals surface area contributed by atoms with Gasteiger partial charge in [0.2, 0.25) is 0 Å². The summed E-state index contributed by atoms with van der Waals surface area (Å²) in [5, 5.41) is 5.20. The van der Waals surface area contributed by atoms with Gasteiger partial charge in [-0.1, -0.05) is 18.2 Å². The fraction of sp³-hybridized carbons (Fsp3) is 0.273. The maximum Gasteiger partial charge on any atom is 0.330 e. The van der Waals surface area contributed by atoms with Crippen LogP contribution >= 0.6 is 0 Å². The molecule has 0 aliphatic heterocycles. The van der Waals surface area contributed by atoms with Crippen LogP contribution in [0.5, 0.6) is 0 Å². The Morgan fingerprint density at radius 2 is 2.20 bits per heavy atom. The zero-order chi connectivity index (χ0) is 10.8. The number of rotatable bonds is 2. The van der Waals surface area contributed by atoms with E-state index < -0.39 is 6.04 Å². The summed E-state index contributed by atoms with van der Waals surface area (Å²) < 4.78 is 6.35. The fourth-order valence-corrected chi connectivity index (χ4v) is 1.57. The highest BCUT2D eigenvalue weighted by Crippen LogP contribution is 2.17. The molecule has 0 radical (unpaired) electrons. The molecule has 0 spiro atoms. The van der Waals surface area contributed by atoms with Gasteiger partial charge in [0.15, 0.2) is 0 Å². The number of hydrogen-bond acceptors (Lipinski definition) is 3. The number of benzene rings is 1. The molecule has 0 unspecified atom stereocenters. The van der Waals surface area contributed by atoms with Crippen molar-refractivity contribution < 1.29 is 9.53 Å². The molecule has 0 aliphatic carbocycles. The van der Waals surface area contributed by atoms with Crippen LogP contribution in [-0.4, -0.2) is 22.9 Å². The highest BCUT2D eigenvalue weighted by molar-refractivity contribution is 5.81. The molecule has 0 saturated carbocycles. The lowest BCUT2D eigenvalue weighted by Gasteiger charge is -2.10. The molecule has 1 atom stereocenters. The van der Waals surface area contributed by atoms with Crippen LogP contribution in [0.15, 0.2) is 30.5 Å². The molecule has 4 nitrogen and oxygen atoms in total. The van der Waals surface area contributed by atoms with Gasteiger partial charge in [0, 0.05) is 5.39 Å². The first-order valence-corrected chi connectivity index (χ1v) is 4.74. The van der Waals surface area contributed by atoms with Crippen LogP contribution in [0, 0.1) is 0 Å². The average molecular weight is 204 g/mol. The molecule has 78 valence electrons. The summed E-state index contributed by atoms with van der Waals surface area (Å²) in [6.07, 6.45) is 1.74. The summed E-state index contributed by atoms with van der Waals surface area (Å²) >= 11 is 0. The van der Waals surface area contributed by atoms with Crippen molar-refractivity contribution in [2.75, 3.05) is 7.11 Å². The van der Waals surface area contributed by atoms with E-state index in [0.717, 1.165) is 10.9 Å². The first-order chi connectivity index (χ1) is 7.24. The Kier molecular flexibility index (Phi) is 2.41. The monoisotopic (exact) mass is 204 g/mol. The van der Waals surface area contributed by atoms with Gasteiger partial charge in [-0.2, -0.15) is 5.10 Å². The second-order valence-corrected chi connectivity index (χ2v) is 3.35. The Morgan fingerprint density at radius 1 is 1.47 bits per heavy atom. The Morgan fingerprint density at radius 3 is 2.93 bits per heavy atom. The lowest BCUT2D eigenvalue weighted by atomic mass is 10.2. The number of ether oxygens (including phenoxy) is 1. The summed E-state index contributed by atoms with van der Waals surface area (Å²) in [5.74, 6) is -0.288. The van der Waals surface area contributed by atoms with Crippen LogP contribution in [0.4, 0.5) is 0 Å². The maximum absolute atomic E-state index is 11.4. The minimum Gasteiger partial charge on any atom is -0.467 e. The number of fused-ring (bicyclic) bond motifs is 1. The first-order valence-electron chi connectivity index (χ1n) is 4.74. The molecule has 0 amide bonds. The third-order valence-corrected chi connectivity index (χ3v) is 2.41. The standard InChI is InChI=1S/C11H12N2O2/c1-8(11(14)15-2)13-10-6-4-3-5-9(10)7-12-13/h3-8H,1-2H3/t8-/m1/s1. The fourth-order valence-electron chi connectivity index (χ4n) is 1.57. The number of nitrogens with zero attached hydrogens (tertiary/aromatic N) is 2. The topological polar surface area (TPSA) is 44.1 Å². The molecule has 1 heterocycles. The van der Waals surface area contributed by atoms with E-state index in [4.69, 9.17) is 0 Å². The molecule has 1 aromatic heterocycles. The molecular weight excluding hydrogens is 192 g/mol. The number of hydrogen-bond donors (Lipinski definition) is 0. The van der Waals surface area contributed by atoms with E-state index in [9.17, 15) is 4.79 Å². The molecule has 0 aliphatic rings. The van der Waals surface area contributed by atoms with E-state index >= 15 is 0 Å². The van der Waals surface area contributed by atoms with Crippen LogP contribution in [0.3, 0.4) is 0 Å². The van der Waals surface area contributed by atoms with Gasteiger partial charge >= 0.3 is 5.97 Å². The van der Waals surface area contributed by atoms with Gasteiger partial charge in [0.1, 0.15) is 6.04 Å². The summed E-state index contributed by atoms with van der Waals surface area (Å²) in [5.41, 5.74) is 0.940. The van der Waals surface area contributed by atoms with E-state index in [-0.39, 0.29) is 5.97 Å². The second kappa shape index (κ2) is 3.73. The lowest BCUT2D eigenvalue weighted by molar-refractivity contribution is -0.144. The SMILES string of the molecule is COC(=O)[C@@H](C)n1ncc2ccccc21. The smallest absolute Gasteiger partial charge is 0.330 e. The van der Waals surface area contributed by atoms with E-state index in [1.54, 1.807) is 17.8 Å². The van der Waals surface area contributed by atoms with Gasteiger partial charge in [0.25, 0.3) is 0 Å². The third kappa shape index (κ3) is 1.58. The summed E-state index contributed by atoms with van der Waals surface area (Å²) in [6, 6.07) is 7.36. The number of esters is 1. The Hall–Kier alpha value is -1.84. The maximum atomic E-state index is 11.4. The van der Waals surface area contributed by atoms with Crippen molar-refractivity contribution in [2.24, 2.45) is 0 Å². The zero-order valence-electron chi connectivity index (χ0n) is 8.68. The van der Waals surface area contributed by atoms with Gasteiger partial charge in [-0.25, -0.2) is 4.79 Å². The Balaban J connectivity index is 2.48. The number of carbonyl (C=O) groups is 1. The highest BCUT2D eigenvalue weighted by Gasteiger charge is 2.17. The molecule has 15 heavy (non-hydrogen) atoms. The molecule has 0 N–H and O–H groups in total. The molecule has 0 bridgehead atoms. The molecular formula is C11H12N2O2. The van der Waals surface area contributed by atoms with Crippen molar-refractivity contribution in [3.63, 3.8) is 0 Å². The molecule has 4 heteroatoms. The third-order valence-electron chi connectivity index (χ3n) is 2.41. The quantitative estimate of drug-likeness (QED) is 0.700. The first kappa shape index (κ1) is 9.71. The number of aromatic nitrogens is 2. The van der Waals surface area contributed by atoms with E-state index in [1.165, 1.54) is 7.11 Å². The summed E-state index contributed by atoms with van der Waals surface area (Å²) in [6.45, 7) is 1.77. The second-order valence-electron chi connectivity index (χ2n) is 3.35. The van der Waals surface area contributed by atoms with Crippen LogP contribution in [0.25, 0.3) is 10.9 Å². The van der Waals surface area contributed by atoms with Crippen molar-refractivity contribution in [3.05, 3.63) is 30.5 Å². The van der Waals surface area contributed by atoms with Gasteiger partial charge < -0.3 is 4.74 Å². The van der Waals surface area contributed by atoms with Crippen LogP contribution in [0.1, 0.15) is 13.0 Å². The highest BCUT2D eigenvalue weighted by atomic mass is 16.5. The predicted molar refractivity (Wildman–Crippen MR) is 56.5 cm³/mol. The minimum atomic E-state index is -0.394. The van der Waals surface area contributed by atoms with Crippen molar-refractivity contribution >= 4 is 16.9 Å². The van der Waals surface area contributed by atoms with E-state index in [1.807, 2.05) is 24.3 Å². The summed E-state index contributed by atoms with van der Waals surface area (Å²) in [7, 11) is 1.38. The Labute approximate surface area is 87.5 Å². The van der Waals surface area contributed by atoms with Crippen LogP contribution in [0.2, 0.25) is 0 Å². The van der Waals surface area contributed by atoms with Gasteiger partial charge in [-0.05, 0) is 13.0 Å². The van der Waals surface area contributed by atoms with E-state index in [0.29, 0.717) is 0 Å². The zero-order valence-corrected chi connectivity index (χ0v) is 8.68. The van der Waals surface area contributed by atoms with Gasteiger partial charge in [-0.15, -0.1) is 0 Å². The number of carbonyl (C=O) groups excluding carboxylic acids is 1. The predicted octanol–water partition coefficient (Wildman–Crippen LogP) is 1.77. The number of para-hydroxylation sites is 1.